The molecule has 0 unspecified atom stereocenters. The lowest BCUT2D eigenvalue weighted by Gasteiger charge is -2.48. The smallest absolute Gasteiger partial charge is 0.220 e. The number of aryl methyl sites for hydroxylation is 1. The maximum absolute atomic E-state index is 11.7. The van der Waals surface area contributed by atoms with E-state index in [1.807, 2.05) is 0 Å². The zero-order chi connectivity index (χ0) is 13.5. The van der Waals surface area contributed by atoms with Gasteiger partial charge in [0.25, 0.3) is 0 Å². The lowest BCUT2D eigenvalue weighted by atomic mass is 9.63. The summed E-state index contributed by atoms with van der Waals surface area (Å²) in [5.74, 6) is 0.178. The molecule has 2 atom stereocenters. The molecular formula is C15H18BrNO2. The predicted octanol–water partition coefficient (Wildman–Crippen LogP) is 2.56. The molecule has 19 heavy (non-hydrogen) atoms. The highest BCUT2D eigenvalue weighted by Crippen LogP contribution is 2.44. The minimum absolute atomic E-state index is 0.0447. The fourth-order valence-corrected chi connectivity index (χ4v) is 4.06. The summed E-state index contributed by atoms with van der Waals surface area (Å²) in [6.45, 7) is 0.673. The van der Waals surface area contributed by atoms with Gasteiger partial charge in [0.05, 0.1) is 6.61 Å². The average Bonchev–Trinajstić information content (AvgIpc) is 2.39. The Morgan fingerprint density at radius 3 is 3.11 bits per heavy atom. The first-order chi connectivity index (χ1) is 9.15. The van der Waals surface area contributed by atoms with Gasteiger partial charge in [0.2, 0.25) is 5.91 Å². The number of amides is 1. The third-order valence-corrected chi connectivity index (χ3v) is 5.00. The highest BCUT2D eigenvalue weighted by Gasteiger charge is 2.47. The Kier molecular flexibility index (Phi) is 3.39. The Balaban J connectivity index is 2.08. The number of carbonyl (C=O) groups excluding carboxylic acids is 1. The molecule has 1 heterocycles. The number of fused-ring (bicyclic) bond motifs is 3. The second-order valence-electron chi connectivity index (χ2n) is 5.55. The summed E-state index contributed by atoms with van der Waals surface area (Å²) < 4.78 is 6.62. The van der Waals surface area contributed by atoms with E-state index in [2.05, 4.69) is 39.4 Å². The van der Waals surface area contributed by atoms with Gasteiger partial charge in [-0.2, -0.15) is 0 Å². The lowest BCUT2D eigenvalue weighted by Crippen LogP contribution is -2.59. The monoisotopic (exact) mass is 323 g/mol. The molecule has 1 fully saturated rings. The first kappa shape index (κ1) is 13.1. The van der Waals surface area contributed by atoms with E-state index in [-0.39, 0.29) is 17.4 Å². The number of benzene rings is 1. The molecule has 1 amide bonds. The maximum atomic E-state index is 11.7. The van der Waals surface area contributed by atoms with Crippen LogP contribution in [0, 0.1) is 0 Å². The molecule has 0 saturated carbocycles. The number of piperidine rings is 1. The quantitative estimate of drug-likeness (QED) is 0.908. The Hall–Kier alpha value is -0.870. The molecule has 3 nitrogen and oxygen atoms in total. The molecule has 4 heteroatoms. The molecule has 0 radical (unpaired) electrons. The third kappa shape index (κ3) is 2.11. The van der Waals surface area contributed by atoms with Crippen LogP contribution in [0.3, 0.4) is 0 Å². The maximum Gasteiger partial charge on any atom is 0.220 e. The van der Waals surface area contributed by atoms with Crippen LogP contribution in [0.1, 0.15) is 30.4 Å². The molecule has 1 N–H and O–H groups in total. The summed E-state index contributed by atoms with van der Waals surface area (Å²) in [7, 11) is 1.75. The molecule has 0 aromatic heterocycles. The van der Waals surface area contributed by atoms with Gasteiger partial charge in [0.1, 0.15) is 0 Å². The fourth-order valence-electron chi connectivity index (χ4n) is 3.65. The van der Waals surface area contributed by atoms with Crippen molar-refractivity contribution >= 4 is 21.8 Å². The van der Waals surface area contributed by atoms with Crippen LogP contribution in [0.5, 0.6) is 0 Å². The third-order valence-electron chi connectivity index (χ3n) is 4.51. The van der Waals surface area contributed by atoms with E-state index in [0.717, 1.165) is 23.7 Å². The number of methoxy groups -OCH3 is 1. The van der Waals surface area contributed by atoms with Gasteiger partial charge in [0, 0.05) is 29.5 Å². The average molecular weight is 324 g/mol. The Morgan fingerprint density at radius 2 is 2.32 bits per heavy atom. The van der Waals surface area contributed by atoms with Crippen LogP contribution in [0.25, 0.3) is 0 Å². The van der Waals surface area contributed by atoms with Gasteiger partial charge >= 0.3 is 0 Å². The Labute approximate surface area is 121 Å². The van der Waals surface area contributed by atoms with Gasteiger partial charge in [-0.3, -0.25) is 4.79 Å². The van der Waals surface area contributed by atoms with Crippen molar-refractivity contribution in [1.82, 2.24) is 5.32 Å². The zero-order valence-corrected chi connectivity index (χ0v) is 12.6. The highest BCUT2D eigenvalue weighted by atomic mass is 79.9. The molecule has 0 bridgehead atoms. The standard InChI is InChI=1S/C15H18BrNO2/c1-19-9-15-7-6-14(18)17-13(15)5-2-10-8-11(16)3-4-12(10)15/h3-4,8,13H,2,5-7,9H2,1H3,(H,17,18)/t13-,15+/m1/s1. The Bertz CT molecular complexity index is 517. The van der Waals surface area contributed by atoms with Crippen molar-refractivity contribution in [1.29, 1.82) is 0 Å². The van der Waals surface area contributed by atoms with Crippen LogP contribution >= 0.6 is 15.9 Å². The number of carbonyl (C=O) groups is 1. The van der Waals surface area contributed by atoms with E-state index >= 15 is 0 Å². The second kappa shape index (κ2) is 4.91. The molecular weight excluding hydrogens is 306 g/mol. The number of rotatable bonds is 2. The van der Waals surface area contributed by atoms with Crippen molar-refractivity contribution < 1.29 is 9.53 Å². The number of hydrogen-bond acceptors (Lipinski definition) is 2. The van der Waals surface area contributed by atoms with E-state index in [1.165, 1.54) is 11.1 Å². The van der Waals surface area contributed by atoms with E-state index < -0.39 is 0 Å². The van der Waals surface area contributed by atoms with Crippen molar-refractivity contribution in [3.8, 4) is 0 Å². The number of nitrogens with one attached hydrogen (secondary N) is 1. The summed E-state index contributed by atoms with van der Waals surface area (Å²) >= 11 is 3.54. The number of hydrogen-bond donors (Lipinski definition) is 1. The Morgan fingerprint density at radius 1 is 1.47 bits per heavy atom. The molecule has 102 valence electrons. The minimum Gasteiger partial charge on any atom is -0.384 e. The fraction of sp³-hybridized carbons (Fsp3) is 0.533. The molecule has 2 aliphatic rings. The predicted molar refractivity (Wildman–Crippen MR) is 77.2 cm³/mol. The van der Waals surface area contributed by atoms with E-state index in [4.69, 9.17) is 4.74 Å². The minimum atomic E-state index is -0.0447. The summed E-state index contributed by atoms with van der Waals surface area (Å²) in [5.41, 5.74) is 2.70. The highest BCUT2D eigenvalue weighted by molar-refractivity contribution is 9.10. The van der Waals surface area contributed by atoms with Crippen LogP contribution in [-0.4, -0.2) is 25.7 Å². The summed E-state index contributed by atoms with van der Waals surface area (Å²) in [6, 6.07) is 6.71. The van der Waals surface area contributed by atoms with Crippen LogP contribution in [0.15, 0.2) is 22.7 Å². The van der Waals surface area contributed by atoms with Crippen molar-refractivity contribution in [2.75, 3.05) is 13.7 Å². The van der Waals surface area contributed by atoms with Crippen molar-refractivity contribution in [3.63, 3.8) is 0 Å². The number of ether oxygens (including phenoxy) is 1. The first-order valence-corrected chi connectivity index (χ1v) is 7.52. The number of halogens is 1. The van der Waals surface area contributed by atoms with Gasteiger partial charge in [-0.15, -0.1) is 0 Å². The van der Waals surface area contributed by atoms with Crippen molar-refractivity contribution in [2.45, 2.75) is 37.1 Å². The topological polar surface area (TPSA) is 38.3 Å². The van der Waals surface area contributed by atoms with Crippen LogP contribution in [0.4, 0.5) is 0 Å². The molecule has 1 aliphatic heterocycles. The normalized spacial score (nSPS) is 29.4. The molecule has 3 rings (SSSR count). The van der Waals surface area contributed by atoms with Crippen molar-refractivity contribution in [3.05, 3.63) is 33.8 Å². The van der Waals surface area contributed by atoms with Crippen LogP contribution in [-0.2, 0) is 21.4 Å². The first-order valence-electron chi connectivity index (χ1n) is 6.73. The van der Waals surface area contributed by atoms with Crippen molar-refractivity contribution in [2.24, 2.45) is 0 Å². The summed E-state index contributed by atoms with van der Waals surface area (Å²) in [6.07, 6.45) is 3.49. The zero-order valence-electron chi connectivity index (χ0n) is 11.0. The van der Waals surface area contributed by atoms with Crippen LogP contribution < -0.4 is 5.32 Å². The van der Waals surface area contributed by atoms with E-state index in [0.29, 0.717) is 13.0 Å². The van der Waals surface area contributed by atoms with Crippen LogP contribution in [0.2, 0.25) is 0 Å². The largest absolute Gasteiger partial charge is 0.384 e. The molecule has 1 aromatic carbocycles. The van der Waals surface area contributed by atoms with Gasteiger partial charge < -0.3 is 10.1 Å². The van der Waals surface area contributed by atoms with E-state index in [9.17, 15) is 4.79 Å². The van der Waals surface area contributed by atoms with Gasteiger partial charge in [-0.25, -0.2) is 0 Å². The van der Waals surface area contributed by atoms with Gasteiger partial charge in [-0.1, -0.05) is 22.0 Å². The SMILES string of the molecule is COC[C@]12CCC(=O)N[C@@H]1CCc1cc(Br)ccc12. The summed E-state index contributed by atoms with van der Waals surface area (Å²) in [4.78, 5) is 11.7. The molecule has 1 aromatic rings. The second-order valence-corrected chi connectivity index (χ2v) is 6.47. The molecule has 0 spiro atoms. The lowest BCUT2D eigenvalue weighted by molar-refractivity contribution is -0.126. The summed E-state index contributed by atoms with van der Waals surface area (Å²) in [5, 5.41) is 3.17. The molecule has 1 saturated heterocycles. The van der Waals surface area contributed by atoms with Gasteiger partial charge in [0.15, 0.2) is 0 Å². The molecule has 1 aliphatic carbocycles. The van der Waals surface area contributed by atoms with Gasteiger partial charge in [-0.05, 0) is 42.5 Å². The van der Waals surface area contributed by atoms with E-state index in [1.54, 1.807) is 7.11 Å².